The predicted octanol–water partition coefficient (Wildman–Crippen LogP) is -0.952. The molecule has 1 heterocycles. The first-order chi connectivity index (χ1) is 4.43. The Morgan fingerprint density at radius 1 is 1.78 bits per heavy atom. The Bertz CT molecular complexity index is 89.1. The van der Waals surface area contributed by atoms with Crippen molar-refractivity contribution in [1.82, 2.24) is 10.6 Å². The molecule has 9 heavy (non-hydrogen) atoms. The number of hydrogen-bond donors (Lipinski definition) is 2. The Labute approximate surface area is 54.8 Å². The molecule has 1 atom stereocenters. The zero-order valence-electron chi connectivity index (χ0n) is 5.31. The first-order valence-corrected chi connectivity index (χ1v) is 3.22. The highest BCUT2D eigenvalue weighted by Crippen LogP contribution is 1.94. The third kappa shape index (κ3) is 2.11. The molecule has 1 aliphatic heterocycles. The van der Waals surface area contributed by atoms with E-state index in [9.17, 15) is 4.79 Å². The minimum atomic E-state index is 0.367. The van der Waals surface area contributed by atoms with Gasteiger partial charge in [-0.2, -0.15) is 0 Å². The molecule has 1 rings (SSSR count). The number of nitrogens with one attached hydrogen (secondary N) is 2. The van der Waals surface area contributed by atoms with Gasteiger partial charge in [-0.25, -0.2) is 0 Å². The monoisotopic (exact) mass is 127 g/mol. The highest BCUT2D eigenvalue weighted by molar-refractivity contribution is 5.52. The van der Waals surface area contributed by atoms with E-state index in [0.717, 1.165) is 19.5 Å². The van der Waals surface area contributed by atoms with Crippen LogP contribution in [0.15, 0.2) is 0 Å². The summed E-state index contributed by atoms with van der Waals surface area (Å²) in [4.78, 5) is 9.75. The summed E-state index contributed by atoms with van der Waals surface area (Å²) in [5, 5.41) is 6.23. The molecule has 1 fully saturated rings. The third-order valence-electron chi connectivity index (χ3n) is 1.52. The second-order valence-electron chi connectivity index (χ2n) is 2.21. The van der Waals surface area contributed by atoms with E-state index in [1.807, 2.05) is 0 Å². The Balaban J connectivity index is 2.04. The molecule has 3 nitrogen and oxygen atoms in total. The molecule has 3 heteroatoms. The minimum absolute atomic E-state index is 0.367. The van der Waals surface area contributed by atoms with E-state index in [4.69, 9.17) is 0 Å². The summed E-state index contributed by atoms with van der Waals surface area (Å²) in [6.07, 6.45) is 2.93. The quantitative estimate of drug-likeness (QED) is 0.513. The molecule has 0 aromatic carbocycles. The summed E-state index contributed by atoms with van der Waals surface area (Å²) in [6.45, 7) is 2.42. The van der Waals surface area contributed by atoms with Gasteiger partial charge >= 0.3 is 0 Å². The fraction of sp³-hybridized carbons (Fsp3) is 0.833. The highest BCUT2D eigenvalue weighted by atomic mass is 16.1. The second kappa shape index (κ2) is 3.58. The lowest BCUT2D eigenvalue weighted by Gasteiger charge is -2.05. The number of carbonyl (C=O) groups excluding carboxylic acids is 1. The maximum atomic E-state index is 9.75. The molecule has 0 bridgehead atoms. The molecular weight excluding hydrogens is 116 g/mol. The molecule has 1 saturated heterocycles. The molecule has 0 spiro atoms. The van der Waals surface area contributed by atoms with Gasteiger partial charge in [0.25, 0.3) is 0 Å². The summed E-state index contributed by atoms with van der Waals surface area (Å²) in [5.41, 5.74) is 0. The van der Waals surface area contributed by atoms with E-state index >= 15 is 0 Å². The van der Waals surface area contributed by atoms with Crippen LogP contribution in [0, 0.1) is 0 Å². The van der Waals surface area contributed by atoms with E-state index in [2.05, 4.69) is 10.6 Å². The Morgan fingerprint density at radius 2 is 2.67 bits per heavy atom. The Hall–Kier alpha value is -0.410. The standard InChI is InChI=1S/C6H11N2O/c9-4-3-8-6-1-2-7-5-6/h6-8H,1-3,5H2. The molecule has 2 N–H and O–H groups in total. The van der Waals surface area contributed by atoms with Gasteiger partial charge in [0, 0.05) is 12.6 Å². The average molecular weight is 127 g/mol. The van der Waals surface area contributed by atoms with Gasteiger partial charge in [-0.05, 0) is 13.0 Å². The van der Waals surface area contributed by atoms with Crippen molar-refractivity contribution in [2.75, 3.05) is 19.6 Å². The summed E-state index contributed by atoms with van der Waals surface area (Å²) < 4.78 is 0. The van der Waals surface area contributed by atoms with Gasteiger partial charge in [0.2, 0.25) is 6.29 Å². The van der Waals surface area contributed by atoms with Gasteiger partial charge in [-0.3, -0.25) is 4.79 Å². The molecule has 51 valence electrons. The van der Waals surface area contributed by atoms with Crippen LogP contribution in [0.5, 0.6) is 0 Å². The molecule has 0 amide bonds. The van der Waals surface area contributed by atoms with Gasteiger partial charge in [-0.15, -0.1) is 0 Å². The van der Waals surface area contributed by atoms with Crippen LogP contribution in [0.25, 0.3) is 0 Å². The van der Waals surface area contributed by atoms with Crippen molar-refractivity contribution in [1.29, 1.82) is 0 Å². The van der Waals surface area contributed by atoms with Crippen molar-refractivity contribution < 1.29 is 4.79 Å². The molecule has 1 aliphatic rings. The van der Waals surface area contributed by atoms with Crippen molar-refractivity contribution in [2.45, 2.75) is 12.5 Å². The van der Waals surface area contributed by atoms with Gasteiger partial charge in [0.1, 0.15) is 0 Å². The van der Waals surface area contributed by atoms with E-state index in [1.165, 1.54) is 0 Å². The molecule has 0 aromatic rings. The maximum Gasteiger partial charge on any atom is 0.213 e. The van der Waals surface area contributed by atoms with Crippen LogP contribution in [0.4, 0.5) is 0 Å². The fourth-order valence-electron chi connectivity index (χ4n) is 1.01. The lowest BCUT2D eigenvalue weighted by atomic mass is 10.3. The number of hydrogen-bond acceptors (Lipinski definition) is 3. The van der Waals surface area contributed by atoms with Crippen LogP contribution in [-0.2, 0) is 4.79 Å². The minimum Gasteiger partial charge on any atom is -0.315 e. The summed E-state index contributed by atoms with van der Waals surface area (Å²) >= 11 is 0. The van der Waals surface area contributed by atoms with Gasteiger partial charge in [0.05, 0.1) is 6.54 Å². The van der Waals surface area contributed by atoms with E-state index in [-0.39, 0.29) is 0 Å². The predicted molar refractivity (Wildman–Crippen MR) is 35.0 cm³/mol. The number of rotatable bonds is 3. The van der Waals surface area contributed by atoms with Crippen LogP contribution in [-0.4, -0.2) is 32.0 Å². The largest absolute Gasteiger partial charge is 0.315 e. The average Bonchev–Trinajstić information content (AvgIpc) is 2.34. The molecular formula is C6H11N2O. The normalized spacial score (nSPS) is 26.4. The van der Waals surface area contributed by atoms with Gasteiger partial charge in [-0.1, -0.05) is 0 Å². The zero-order chi connectivity index (χ0) is 6.53. The SMILES string of the molecule is O=[C]CNC1CCNC1. The Morgan fingerprint density at radius 3 is 3.22 bits per heavy atom. The summed E-state index contributed by atoms with van der Waals surface area (Å²) in [5.74, 6) is 0. The van der Waals surface area contributed by atoms with Crippen LogP contribution >= 0.6 is 0 Å². The molecule has 0 saturated carbocycles. The van der Waals surface area contributed by atoms with Crippen molar-refractivity contribution in [3.05, 3.63) is 0 Å². The molecule has 1 radical (unpaired) electrons. The van der Waals surface area contributed by atoms with E-state index in [1.54, 1.807) is 6.29 Å². The van der Waals surface area contributed by atoms with Crippen molar-refractivity contribution in [3.8, 4) is 0 Å². The zero-order valence-corrected chi connectivity index (χ0v) is 5.31. The second-order valence-corrected chi connectivity index (χ2v) is 2.21. The first-order valence-electron chi connectivity index (χ1n) is 3.22. The van der Waals surface area contributed by atoms with Crippen molar-refractivity contribution in [3.63, 3.8) is 0 Å². The van der Waals surface area contributed by atoms with Crippen LogP contribution in [0.3, 0.4) is 0 Å². The summed E-state index contributed by atoms with van der Waals surface area (Å²) in [6, 6.07) is 0.492. The van der Waals surface area contributed by atoms with Gasteiger partial charge in [0.15, 0.2) is 0 Å². The van der Waals surface area contributed by atoms with Crippen molar-refractivity contribution >= 4 is 6.29 Å². The first kappa shape index (κ1) is 6.71. The fourth-order valence-corrected chi connectivity index (χ4v) is 1.01. The highest BCUT2D eigenvalue weighted by Gasteiger charge is 2.11. The smallest absolute Gasteiger partial charge is 0.213 e. The summed E-state index contributed by atoms with van der Waals surface area (Å²) in [7, 11) is 0. The van der Waals surface area contributed by atoms with Crippen LogP contribution in [0.1, 0.15) is 6.42 Å². The lowest BCUT2D eigenvalue weighted by molar-refractivity contribution is 0.531. The third-order valence-corrected chi connectivity index (χ3v) is 1.52. The molecule has 1 unspecified atom stereocenters. The van der Waals surface area contributed by atoms with Crippen LogP contribution in [0.2, 0.25) is 0 Å². The molecule has 0 aliphatic carbocycles. The topological polar surface area (TPSA) is 41.1 Å². The maximum absolute atomic E-state index is 9.75. The van der Waals surface area contributed by atoms with Crippen molar-refractivity contribution in [2.24, 2.45) is 0 Å². The Kier molecular flexibility index (Phi) is 2.67. The lowest BCUT2D eigenvalue weighted by Crippen LogP contribution is -2.32. The van der Waals surface area contributed by atoms with Crippen LogP contribution < -0.4 is 10.6 Å². The van der Waals surface area contributed by atoms with E-state index < -0.39 is 0 Å². The molecule has 0 aromatic heterocycles. The van der Waals surface area contributed by atoms with Gasteiger partial charge < -0.3 is 10.6 Å². The van der Waals surface area contributed by atoms with E-state index in [0.29, 0.717) is 12.6 Å².